The van der Waals surface area contributed by atoms with Crippen LogP contribution in [-0.2, 0) is 15.6 Å². The predicted octanol–water partition coefficient (Wildman–Crippen LogP) is 6.39. The van der Waals surface area contributed by atoms with Crippen LogP contribution in [-0.4, -0.2) is 12.8 Å². The second kappa shape index (κ2) is 8.02. The minimum atomic E-state index is -0.187. The first kappa shape index (κ1) is 22.7. The maximum Gasteiger partial charge on any atom is 0.263 e. The van der Waals surface area contributed by atoms with E-state index in [1.165, 1.54) is 22.5 Å². The zero-order chi connectivity index (χ0) is 24.3. The van der Waals surface area contributed by atoms with Crippen LogP contribution in [0.3, 0.4) is 0 Å². The standard InChI is InChI=1S/C30H32ClN2O/c1-29(2)22-10-6-8-12-24(22)32(5)26(29)18-16-20-14-15-21(28(20)34)17-19-27-30(3,4)23-11-7-9-13-25(23)33(27)31/h6-13,16-19,31H,14-15H2,1-5H3/q+1/b20-16-,21-17-,26-18-,27-19-. The Kier molecular flexibility index (Phi) is 5.37. The van der Waals surface area contributed by atoms with E-state index in [-0.39, 0.29) is 16.6 Å². The first-order chi connectivity index (χ1) is 16.1. The van der Waals surface area contributed by atoms with Crippen LogP contribution in [0.25, 0.3) is 0 Å². The van der Waals surface area contributed by atoms with Crippen molar-refractivity contribution in [2.24, 2.45) is 0 Å². The molecule has 5 rings (SSSR count). The topological polar surface area (TPSA) is 23.6 Å². The van der Waals surface area contributed by atoms with E-state index in [4.69, 9.17) is 11.8 Å². The molecule has 174 valence electrons. The molecule has 2 heterocycles. The third-order valence-electron chi connectivity index (χ3n) is 7.73. The summed E-state index contributed by atoms with van der Waals surface area (Å²) in [6, 6.07) is 16.8. The Labute approximate surface area is 207 Å². The molecule has 3 aliphatic rings. The number of anilines is 2. The lowest BCUT2D eigenvalue weighted by Gasteiger charge is -2.23. The molecule has 0 amide bonds. The molecule has 0 radical (unpaired) electrons. The Hall–Kier alpha value is -3.04. The summed E-state index contributed by atoms with van der Waals surface area (Å²) in [5, 5.41) is 0. The first-order valence-electron chi connectivity index (χ1n) is 11.9. The van der Waals surface area contributed by atoms with Gasteiger partial charge < -0.3 is 4.90 Å². The van der Waals surface area contributed by atoms with E-state index in [1.807, 2.05) is 28.7 Å². The molecule has 0 spiro atoms. The van der Waals surface area contributed by atoms with Crippen LogP contribution in [0.15, 0.2) is 95.4 Å². The average Bonchev–Trinajstić information content (AvgIpc) is 3.33. The summed E-state index contributed by atoms with van der Waals surface area (Å²) in [6.07, 6.45) is 9.74. The highest BCUT2D eigenvalue weighted by molar-refractivity contribution is 6.11. The normalized spacial score (nSPS) is 25.2. The van der Waals surface area contributed by atoms with Gasteiger partial charge in [-0.2, -0.15) is 0 Å². The van der Waals surface area contributed by atoms with Crippen molar-refractivity contribution in [3.63, 3.8) is 0 Å². The fourth-order valence-corrected chi connectivity index (χ4v) is 6.11. The van der Waals surface area contributed by atoms with Gasteiger partial charge in [-0.1, -0.05) is 62.4 Å². The molecule has 34 heavy (non-hydrogen) atoms. The van der Waals surface area contributed by atoms with E-state index in [9.17, 15) is 4.79 Å². The molecular formula is C30H32ClN2O+. The summed E-state index contributed by atoms with van der Waals surface area (Å²) in [4.78, 5) is 15.4. The van der Waals surface area contributed by atoms with Crippen LogP contribution in [0.4, 0.5) is 11.4 Å². The number of fused-ring (bicyclic) bond motifs is 2. The second-order valence-electron chi connectivity index (χ2n) is 10.5. The molecule has 0 saturated heterocycles. The lowest BCUT2D eigenvalue weighted by atomic mass is 9.83. The van der Waals surface area contributed by atoms with Crippen molar-refractivity contribution in [2.75, 3.05) is 16.4 Å². The smallest absolute Gasteiger partial charge is 0.263 e. The van der Waals surface area contributed by atoms with Crippen molar-refractivity contribution in [1.29, 1.82) is 0 Å². The lowest BCUT2D eigenvalue weighted by molar-refractivity contribution is -0.376. The number of hydrogen-bond acceptors (Lipinski definition) is 3. The maximum absolute atomic E-state index is 13.2. The van der Waals surface area contributed by atoms with Crippen LogP contribution >= 0.6 is 0 Å². The van der Waals surface area contributed by atoms with Gasteiger partial charge in [0.15, 0.2) is 5.78 Å². The molecule has 1 fully saturated rings. The van der Waals surface area contributed by atoms with Crippen molar-refractivity contribution in [1.82, 2.24) is 0 Å². The number of benzene rings is 2. The first-order valence-corrected chi connectivity index (χ1v) is 12.3. The molecule has 0 unspecified atom stereocenters. The minimum Gasteiger partial charge on any atom is -0.347 e. The van der Waals surface area contributed by atoms with Crippen LogP contribution in [0, 0.1) is 11.8 Å². The van der Waals surface area contributed by atoms with E-state index < -0.39 is 0 Å². The Morgan fingerprint density at radius 3 is 1.76 bits per heavy atom. The second-order valence-corrected chi connectivity index (χ2v) is 10.8. The van der Waals surface area contributed by atoms with E-state index in [1.54, 1.807) is 0 Å². The Morgan fingerprint density at radius 1 is 0.735 bits per heavy atom. The van der Waals surface area contributed by atoms with E-state index in [0.717, 1.165) is 35.4 Å². The predicted molar refractivity (Wildman–Crippen MR) is 138 cm³/mol. The molecule has 4 heteroatoms. The lowest BCUT2D eigenvalue weighted by Crippen LogP contribution is -2.22. The fourth-order valence-electron chi connectivity index (χ4n) is 5.66. The van der Waals surface area contributed by atoms with Gasteiger partial charge in [0.05, 0.1) is 5.70 Å². The number of ketones is 1. The number of para-hydroxylation sites is 2. The monoisotopic (exact) mass is 471 g/mol. The molecule has 2 aromatic rings. The number of likely N-dealkylation sites (N-methyl/N-ethyl adjacent to an activating group) is 1. The Balaban J connectivity index is 1.41. The number of halogens is 1. The summed E-state index contributed by atoms with van der Waals surface area (Å²) in [6.45, 7) is 8.87. The molecule has 1 aliphatic carbocycles. The van der Waals surface area contributed by atoms with Gasteiger partial charge in [-0.3, -0.25) is 4.79 Å². The molecule has 0 bridgehead atoms. The minimum absolute atomic E-state index is 0.0941. The van der Waals surface area contributed by atoms with Gasteiger partial charge in [0, 0.05) is 40.4 Å². The van der Waals surface area contributed by atoms with Crippen LogP contribution in [0.2, 0.25) is 0 Å². The van der Waals surface area contributed by atoms with E-state index >= 15 is 0 Å². The summed E-state index contributed by atoms with van der Waals surface area (Å²) in [7, 11) is 2.10. The van der Waals surface area contributed by atoms with Crippen molar-refractivity contribution < 1.29 is 16.6 Å². The molecule has 0 atom stereocenters. The number of rotatable bonds is 2. The SMILES string of the molecule is CN1/C(=C\C=C2\CC/C(=C/C=C3\N([ClH+])c4ccccc4C3(C)C)C2=O)C(C)(C)c2ccccc21. The highest BCUT2D eigenvalue weighted by atomic mass is 35.5. The molecular weight excluding hydrogens is 440 g/mol. The van der Waals surface area contributed by atoms with E-state index in [2.05, 4.69) is 88.2 Å². The summed E-state index contributed by atoms with van der Waals surface area (Å²) < 4.78 is 1.84. The van der Waals surface area contributed by atoms with Crippen LogP contribution in [0.5, 0.6) is 0 Å². The van der Waals surface area contributed by atoms with Crippen LogP contribution < -0.4 is 9.32 Å². The fraction of sp³-hybridized carbons (Fsp3) is 0.300. The Bertz CT molecular complexity index is 1210. The van der Waals surface area contributed by atoms with E-state index in [0.29, 0.717) is 0 Å². The number of carbonyl (C=O) groups is 1. The number of allylic oxidation sites excluding steroid dienone is 8. The van der Waals surface area contributed by atoms with Crippen molar-refractivity contribution in [3.05, 3.63) is 107 Å². The van der Waals surface area contributed by atoms with Gasteiger partial charge in [0.25, 0.3) is 11.8 Å². The third kappa shape index (κ3) is 3.37. The Morgan fingerprint density at radius 2 is 1.21 bits per heavy atom. The third-order valence-corrected chi connectivity index (χ3v) is 8.12. The number of nitrogens with zero attached hydrogens (tertiary/aromatic N) is 2. The van der Waals surface area contributed by atoms with Crippen molar-refractivity contribution >= 4 is 17.2 Å². The number of hydrogen-bond donors (Lipinski definition) is 0. The summed E-state index contributed by atoms with van der Waals surface area (Å²) >= 11 is 5.71. The number of carbonyl (C=O) groups excluding carboxylic acids is 1. The molecule has 2 aromatic carbocycles. The quantitative estimate of drug-likeness (QED) is 0.374. The van der Waals surface area contributed by atoms with Gasteiger partial charge in [-0.25, -0.2) is 0 Å². The average molecular weight is 472 g/mol. The zero-order valence-corrected chi connectivity index (χ0v) is 21.4. The summed E-state index contributed by atoms with van der Waals surface area (Å²) in [5.74, 6) is 0.147. The zero-order valence-electron chi connectivity index (χ0n) is 20.6. The highest BCUT2D eigenvalue weighted by Gasteiger charge is 2.43. The highest BCUT2D eigenvalue weighted by Crippen LogP contribution is 2.48. The van der Waals surface area contributed by atoms with Gasteiger partial charge in [-0.15, -0.1) is 4.42 Å². The van der Waals surface area contributed by atoms with Gasteiger partial charge >= 0.3 is 0 Å². The summed E-state index contributed by atoms with van der Waals surface area (Å²) in [5.41, 5.74) is 8.53. The maximum atomic E-state index is 13.2. The van der Waals surface area contributed by atoms with Gasteiger partial charge in [0.1, 0.15) is 5.69 Å². The molecule has 0 N–H and O–H groups in total. The molecule has 1 saturated carbocycles. The van der Waals surface area contributed by atoms with Gasteiger partial charge in [-0.05, 0) is 62.1 Å². The number of Topliss-reactive ketones (excluding diaryl/α,β-unsaturated/α-hetero) is 1. The molecule has 2 aliphatic heterocycles. The molecule has 3 nitrogen and oxygen atoms in total. The van der Waals surface area contributed by atoms with Gasteiger partial charge in [0.2, 0.25) is 0 Å². The van der Waals surface area contributed by atoms with Crippen molar-refractivity contribution in [3.8, 4) is 0 Å². The largest absolute Gasteiger partial charge is 0.347 e. The van der Waals surface area contributed by atoms with Crippen LogP contribution in [0.1, 0.15) is 51.7 Å². The molecule has 0 aromatic heterocycles. The van der Waals surface area contributed by atoms with Crippen molar-refractivity contribution in [2.45, 2.75) is 51.4 Å².